The molecule has 6 nitrogen and oxygen atoms in total. The molecular weight excluding hydrogens is 233 g/mol. The van der Waals surface area contributed by atoms with Crippen molar-refractivity contribution in [2.75, 3.05) is 0 Å². The molecule has 0 unspecified atom stereocenters. The Morgan fingerprint density at radius 1 is 0.875 bits per heavy atom. The Balaban J connectivity index is 3.80. The molecule has 0 aliphatic heterocycles. The topological polar surface area (TPSA) is 86.3 Å². The Kier molecular flexibility index (Phi) is 2.79. The summed E-state index contributed by atoms with van der Waals surface area (Å²) in [5, 5.41) is 20.6. The van der Waals surface area contributed by atoms with E-state index in [0.717, 1.165) is 6.92 Å². The van der Waals surface area contributed by atoms with E-state index in [9.17, 15) is 33.4 Å². The highest BCUT2D eigenvalue weighted by atomic mass is 19.2. The van der Waals surface area contributed by atoms with Crippen LogP contribution >= 0.6 is 0 Å². The number of hydrogen-bond acceptors (Lipinski definition) is 4. The van der Waals surface area contributed by atoms with E-state index in [2.05, 4.69) is 0 Å². The van der Waals surface area contributed by atoms with Crippen LogP contribution in [0.2, 0.25) is 0 Å². The summed E-state index contributed by atoms with van der Waals surface area (Å²) in [5.74, 6) is -5.85. The van der Waals surface area contributed by atoms with Crippen molar-refractivity contribution in [3.05, 3.63) is 43.2 Å². The molecule has 0 atom stereocenters. The summed E-state index contributed by atoms with van der Waals surface area (Å²) in [4.78, 5) is 17.6. The largest absolute Gasteiger partial charge is 0.350 e. The summed E-state index contributed by atoms with van der Waals surface area (Å²) in [6.45, 7) is 0.753. The quantitative estimate of drug-likeness (QED) is 0.447. The smallest absolute Gasteiger partial charge is 0.258 e. The highest BCUT2D eigenvalue weighted by Gasteiger charge is 2.36. The summed E-state index contributed by atoms with van der Waals surface area (Å²) in [7, 11) is 0. The van der Waals surface area contributed by atoms with Gasteiger partial charge in [-0.3, -0.25) is 20.2 Å². The molecule has 1 rings (SSSR count). The lowest BCUT2D eigenvalue weighted by Gasteiger charge is -2.02. The van der Waals surface area contributed by atoms with Crippen LogP contribution in [-0.4, -0.2) is 9.85 Å². The van der Waals surface area contributed by atoms with E-state index in [1.54, 1.807) is 0 Å². The van der Waals surface area contributed by atoms with Gasteiger partial charge in [0.05, 0.1) is 15.4 Å². The molecule has 0 saturated carbocycles. The van der Waals surface area contributed by atoms with Crippen molar-refractivity contribution in [3.63, 3.8) is 0 Å². The highest BCUT2D eigenvalue weighted by molar-refractivity contribution is 5.52. The number of hydrogen-bond donors (Lipinski definition) is 0. The minimum absolute atomic E-state index is 0.753. The first-order valence-electron chi connectivity index (χ1n) is 3.74. The van der Waals surface area contributed by atoms with Crippen molar-refractivity contribution in [1.82, 2.24) is 0 Å². The van der Waals surface area contributed by atoms with Crippen LogP contribution in [0.4, 0.5) is 24.5 Å². The first-order valence-corrected chi connectivity index (χ1v) is 3.74. The number of nitro groups is 2. The number of halogens is 3. The van der Waals surface area contributed by atoms with Gasteiger partial charge in [-0.1, -0.05) is 0 Å². The van der Waals surface area contributed by atoms with Crippen LogP contribution in [0.5, 0.6) is 0 Å². The summed E-state index contributed by atoms with van der Waals surface area (Å²) in [6, 6.07) is 0. The second kappa shape index (κ2) is 3.76. The van der Waals surface area contributed by atoms with E-state index in [-0.39, 0.29) is 0 Å². The molecule has 9 heteroatoms. The van der Waals surface area contributed by atoms with Crippen molar-refractivity contribution < 1.29 is 23.0 Å². The fourth-order valence-electron chi connectivity index (χ4n) is 1.12. The maximum Gasteiger partial charge on any atom is 0.350 e. The van der Waals surface area contributed by atoms with E-state index in [1.165, 1.54) is 0 Å². The maximum absolute atomic E-state index is 13.2. The Bertz CT molecular complexity index is 462. The van der Waals surface area contributed by atoms with Crippen molar-refractivity contribution in [3.8, 4) is 0 Å². The van der Waals surface area contributed by atoms with Gasteiger partial charge in [0.1, 0.15) is 0 Å². The molecule has 0 aliphatic rings. The monoisotopic (exact) mass is 236 g/mol. The minimum Gasteiger partial charge on any atom is -0.258 e. The molecule has 16 heavy (non-hydrogen) atoms. The van der Waals surface area contributed by atoms with Gasteiger partial charge in [0.15, 0.2) is 5.82 Å². The van der Waals surface area contributed by atoms with E-state index in [1.807, 2.05) is 0 Å². The van der Waals surface area contributed by atoms with Crippen LogP contribution in [0.15, 0.2) is 0 Å². The van der Waals surface area contributed by atoms with Crippen LogP contribution in [-0.2, 0) is 0 Å². The number of nitro benzene ring substituents is 2. The molecular formula is C7H3F3N2O4. The van der Waals surface area contributed by atoms with Crippen molar-refractivity contribution >= 4 is 11.4 Å². The first-order chi connectivity index (χ1) is 7.29. The molecule has 0 bridgehead atoms. The van der Waals surface area contributed by atoms with Gasteiger partial charge < -0.3 is 0 Å². The second-order valence-corrected chi connectivity index (χ2v) is 2.78. The summed E-state index contributed by atoms with van der Waals surface area (Å²) >= 11 is 0. The molecule has 0 N–H and O–H groups in total. The fraction of sp³-hybridized carbons (Fsp3) is 0.143. The molecule has 0 heterocycles. The first kappa shape index (κ1) is 11.9. The predicted molar refractivity (Wildman–Crippen MR) is 44.4 cm³/mol. The van der Waals surface area contributed by atoms with Gasteiger partial charge in [-0.25, -0.2) is 4.39 Å². The van der Waals surface area contributed by atoms with Gasteiger partial charge >= 0.3 is 11.4 Å². The fourth-order valence-corrected chi connectivity index (χ4v) is 1.12. The van der Waals surface area contributed by atoms with Gasteiger partial charge in [-0.15, -0.1) is 0 Å². The highest BCUT2D eigenvalue weighted by Crippen LogP contribution is 2.34. The third-order valence-electron chi connectivity index (χ3n) is 1.87. The minimum atomic E-state index is -2.05. The van der Waals surface area contributed by atoms with Crippen molar-refractivity contribution in [1.29, 1.82) is 0 Å². The zero-order chi connectivity index (χ0) is 12.6. The predicted octanol–water partition coefficient (Wildman–Crippen LogP) is 2.23. The maximum atomic E-state index is 13.2. The van der Waals surface area contributed by atoms with Gasteiger partial charge in [-0.05, 0) is 6.92 Å². The Labute approximate surface area is 85.6 Å². The summed E-state index contributed by atoms with van der Waals surface area (Å²) in [5.41, 5.74) is -4.23. The average Bonchev–Trinajstić information content (AvgIpc) is 2.13. The standard InChI is InChI=1S/C7H3F3N2O4/c1-2-3(8)4(9)7(12(15)16)5(10)6(2)11(13)14/h1H3. The van der Waals surface area contributed by atoms with Crippen LogP contribution in [0.1, 0.15) is 5.56 Å². The lowest BCUT2D eigenvalue weighted by Crippen LogP contribution is -2.07. The molecule has 0 aromatic heterocycles. The Hall–Kier alpha value is -2.19. The van der Waals surface area contributed by atoms with Crippen LogP contribution < -0.4 is 0 Å². The average molecular weight is 236 g/mol. The Morgan fingerprint density at radius 2 is 1.31 bits per heavy atom. The van der Waals surface area contributed by atoms with E-state index < -0.39 is 44.2 Å². The molecule has 1 aromatic carbocycles. The summed E-state index contributed by atoms with van der Waals surface area (Å²) < 4.78 is 39.1. The number of rotatable bonds is 2. The summed E-state index contributed by atoms with van der Waals surface area (Å²) in [6.07, 6.45) is 0. The van der Waals surface area contributed by atoms with Crippen LogP contribution in [0.3, 0.4) is 0 Å². The lowest BCUT2D eigenvalue weighted by molar-refractivity contribution is -0.401. The molecule has 0 radical (unpaired) electrons. The van der Waals surface area contributed by atoms with Crippen molar-refractivity contribution in [2.24, 2.45) is 0 Å². The van der Waals surface area contributed by atoms with E-state index in [4.69, 9.17) is 0 Å². The third kappa shape index (κ3) is 1.55. The SMILES string of the molecule is Cc1c(F)c(F)c([N+](=O)[O-])c(F)c1[N+](=O)[O-]. The molecule has 0 amide bonds. The van der Waals surface area contributed by atoms with Gasteiger partial charge in [-0.2, -0.15) is 8.78 Å². The van der Waals surface area contributed by atoms with Crippen molar-refractivity contribution in [2.45, 2.75) is 6.92 Å². The zero-order valence-electron chi connectivity index (χ0n) is 7.66. The normalized spacial score (nSPS) is 10.2. The number of nitrogens with zero attached hydrogens (tertiary/aromatic N) is 2. The van der Waals surface area contributed by atoms with E-state index in [0.29, 0.717) is 0 Å². The molecule has 86 valence electrons. The van der Waals surface area contributed by atoms with Gasteiger partial charge in [0.2, 0.25) is 5.82 Å². The second-order valence-electron chi connectivity index (χ2n) is 2.78. The van der Waals surface area contributed by atoms with Gasteiger partial charge in [0.25, 0.3) is 5.82 Å². The number of benzene rings is 1. The lowest BCUT2D eigenvalue weighted by atomic mass is 10.1. The van der Waals surface area contributed by atoms with Crippen LogP contribution in [0, 0.1) is 44.6 Å². The molecule has 1 aromatic rings. The van der Waals surface area contributed by atoms with Gasteiger partial charge in [0, 0.05) is 0 Å². The molecule has 0 spiro atoms. The Morgan fingerprint density at radius 3 is 1.69 bits per heavy atom. The zero-order valence-corrected chi connectivity index (χ0v) is 7.66. The molecule has 0 saturated heterocycles. The molecule has 0 fully saturated rings. The molecule has 0 aliphatic carbocycles. The third-order valence-corrected chi connectivity index (χ3v) is 1.87. The van der Waals surface area contributed by atoms with Crippen LogP contribution in [0.25, 0.3) is 0 Å². The van der Waals surface area contributed by atoms with E-state index >= 15 is 0 Å².